The van der Waals surface area contributed by atoms with E-state index in [0.717, 1.165) is 12.8 Å². The highest BCUT2D eigenvalue weighted by molar-refractivity contribution is 9.09. The normalized spacial score (nSPS) is 45.0. The van der Waals surface area contributed by atoms with E-state index in [1.165, 1.54) is 0 Å². The number of aliphatic hydroxyl groups is 1. The Labute approximate surface area is 45.5 Å². The smallest absolute Gasteiger partial charge is 0.0665 e. The van der Waals surface area contributed by atoms with Crippen LogP contribution >= 0.6 is 15.9 Å². The van der Waals surface area contributed by atoms with Crippen LogP contribution in [0.3, 0.4) is 0 Å². The van der Waals surface area contributed by atoms with Gasteiger partial charge in [0.1, 0.15) is 0 Å². The highest BCUT2D eigenvalue weighted by Gasteiger charge is 2.25. The van der Waals surface area contributed by atoms with Crippen molar-refractivity contribution in [2.45, 2.75) is 23.8 Å². The van der Waals surface area contributed by atoms with E-state index in [1.54, 1.807) is 0 Å². The molecule has 2 atom stereocenters. The third-order valence-corrected chi connectivity index (χ3v) is 2.22. The van der Waals surface area contributed by atoms with Crippen LogP contribution in [0.1, 0.15) is 12.8 Å². The summed E-state index contributed by atoms with van der Waals surface area (Å²) in [5, 5.41) is 8.67. The molecule has 36 valence electrons. The van der Waals surface area contributed by atoms with Gasteiger partial charge >= 0.3 is 0 Å². The maximum absolute atomic E-state index is 8.67. The van der Waals surface area contributed by atoms with Crippen LogP contribution < -0.4 is 0 Å². The first-order valence-corrected chi connectivity index (χ1v) is 3.04. The van der Waals surface area contributed by atoms with Gasteiger partial charge in [-0.1, -0.05) is 15.9 Å². The minimum Gasteiger partial charge on any atom is -0.392 e. The van der Waals surface area contributed by atoms with Crippen LogP contribution in [0.4, 0.5) is 0 Å². The summed E-state index contributed by atoms with van der Waals surface area (Å²) in [4.78, 5) is 0.400. The predicted molar refractivity (Wildman–Crippen MR) is 28.0 cm³/mol. The summed E-state index contributed by atoms with van der Waals surface area (Å²) in [6.07, 6.45) is 2.07. The molecule has 0 bridgehead atoms. The lowest BCUT2D eigenvalue weighted by atomic mass is 9.96. The molecular formula is C4H7BrO. The van der Waals surface area contributed by atoms with Gasteiger partial charge in [-0.05, 0) is 12.8 Å². The fourth-order valence-electron chi connectivity index (χ4n) is 0.442. The summed E-state index contributed by atoms with van der Waals surface area (Å²) in [5.74, 6) is 0. The third-order valence-electron chi connectivity index (χ3n) is 1.16. The Morgan fingerprint density at radius 3 is 2.00 bits per heavy atom. The topological polar surface area (TPSA) is 20.2 Å². The molecular weight excluding hydrogens is 144 g/mol. The monoisotopic (exact) mass is 150 g/mol. The molecule has 1 rings (SSSR count). The van der Waals surface area contributed by atoms with E-state index in [9.17, 15) is 0 Å². The first-order valence-electron chi connectivity index (χ1n) is 2.13. The van der Waals surface area contributed by atoms with Crippen molar-refractivity contribution in [1.82, 2.24) is 0 Å². The SMILES string of the molecule is O[C@@H]1CC[C@H]1Br. The van der Waals surface area contributed by atoms with E-state index in [-0.39, 0.29) is 6.10 Å². The molecule has 1 aliphatic carbocycles. The van der Waals surface area contributed by atoms with Crippen molar-refractivity contribution in [2.24, 2.45) is 0 Å². The molecule has 1 aliphatic rings. The number of rotatable bonds is 0. The van der Waals surface area contributed by atoms with Gasteiger partial charge in [0.25, 0.3) is 0 Å². The van der Waals surface area contributed by atoms with E-state index in [0.29, 0.717) is 4.83 Å². The fraction of sp³-hybridized carbons (Fsp3) is 1.00. The lowest BCUT2D eigenvalue weighted by molar-refractivity contribution is 0.106. The highest BCUT2D eigenvalue weighted by atomic mass is 79.9. The lowest BCUT2D eigenvalue weighted by Gasteiger charge is -2.26. The first kappa shape index (κ1) is 4.60. The van der Waals surface area contributed by atoms with Gasteiger partial charge in [0.05, 0.1) is 6.10 Å². The molecule has 0 radical (unpaired) electrons. The summed E-state index contributed by atoms with van der Waals surface area (Å²) in [7, 11) is 0. The van der Waals surface area contributed by atoms with E-state index in [2.05, 4.69) is 15.9 Å². The highest BCUT2D eigenvalue weighted by Crippen LogP contribution is 2.26. The van der Waals surface area contributed by atoms with Gasteiger partial charge in [-0.2, -0.15) is 0 Å². The Morgan fingerprint density at radius 2 is 2.00 bits per heavy atom. The number of halogens is 1. The molecule has 1 saturated carbocycles. The average Bonchev–Trinajstić information content (AvgIpc) is 1.61. The molecule has 0 aromatic rings. The Morgan fingerprint density at radius 1 is 1.50 bits per heavy atom. The molecule has 0 spiro atoms. The second-order valence-electron chi connectivity index (χ2n) is 1.66. The summed E-state index contributed by atoms with van der Waals surface area (Å²) in [5.41, 5.74) is 0. The molecule has 0 aliphatic heterocycles. The minimum atomic E-state index is -0.0509. The van der Waals surface area contributed by atoms with Crippen LogP contribution in [0.5, 0.6) is 0 Å². The molecule has 0 heterocycles. The van der Waals surface area contributed by atoms with Crippen molar-refractivity contribution in [1.29, 1.82) is 0 Å². The van der Waals surface area contributed by atoms with E-state index < -0.39 is 0 Å². The van der Waals surface area contributed by atoms with Crippen molar-refractivity contribution in [2.75, 3.05) is 0 Å². The Kier molecular flexibility index (Phi) is 1.15. The molecule has 0 unspecified atom stereocenters. The van der Waals surface area contributed by atoms with Gasteiger partial charge in [0.15, 0.2) is 0 Å². The van der Waals surface area contributed by atoms with Crippen molar-refractivity contribution in [3.63, 3.8) is 0 Å². The van der Waals surface area contributed by atoms with Gasteiger partial charge in [-0.25, -0.2) is 0 Å². The summed E-state index contributed by atoms with van der Waals surface area (Å²) >= 11 is 3.28. The maximum Gasteiger partial charge on any atom is 0.0665 e. The van der Waals surface area contributed by atoms with Gasteiger partial charge in [-0.15, -0.1) is 0 Å². The molecule has 0 aromatic carbocycles. The molecule has 0 aromatic heterocycles. The van der Waals surface area contributed by atoms with Crippen LogP contribution in [-0.4, -0.2) is 16.0 Å². The lowest BCUT2D eigenvalue weighted by Crippen LogP contribution is -2.30. The molecule has 1 N–H and O–H groups in total. The zero-order chi connectivity index (χ0) is 4.57. The van der Waals surface area contributed by atoms with Gasteiger partial charge in [0, 0.05) is 4.83 Å². The second-order valence-corrected chi connectivity index (χ2v) is 2.84. The number of alkyl halides is 1. The largest absolute Gasteiger partial charge is 0.392 e. The molecule has 0 saturated heterocycles. The number of hydrogen-bond acceptors (Lipinski definition) is 1. The van der Waals surface area contributed by atoms with Crippen molar-refractivity contribution < 1.29 is 5.11 Å². The van der Waals surface area contributed by atoms with Crippen LogP contribution in [0.25, 0.3) is 0 Å². The zero-order valence-electron chi connectivity index (χ0n) is 3.39. The number of aliphatic hydroxyl groups excluding tert-OH is 1. The van der Waals surface area contributed by atoms with Crippen molar-refractivity contribution in [3.05, 3.63) is 0 Å². The van der Waals surface area contributed by atoms with Crippen molar-refractivity contribution >= 4 is 15.9 Å². The van der Waals surface area contributed by atoms with Crippen molar-refractivity contribution in [3.8, 4) is 0 Å². The van der Waals surface area contributed by atoms with Crippen LogP contribution in [-0.2, 0) is 0 Å². The van der Waals surface area contributed by atoms with Crippen LogP contribution in [0.2, 0.25) is 0 Å². The molecule has 0 amide bonds. The fourth-order valence-corrected chi connectivity index (χ4v) is 0.970. The minimum absolute atomic E-state index is 0.0509. The van der Waals surface area contributed by atoms with E-state index in [4.69, 9.17) is 5.11 Å². The van der Waals surface area contributed by atoms with E-state index in [1.807, 2.05) is 0 Å². The average molecular weight is 151 g/mol. The molecule has 6 heavy (non-hydrogen) atoms. The quantitative estimate of drug-likeness (QED) is 0.510. The zero-order valence-corrected chi connectivity index (χ0v) is 4.98. The predicted octanol–water partition coefficient (Wildman–Crippen LogP) is 0.905. The summed E-state index contributed by atoms with van der Waals surface area (Å²) < 4.78 is 0. The molecule has 2 heteroatoms. The second kappa shape index (κ2) is 1.51. The van der Waals surface area contributed by atoms with Gasteiger partial charge in [0.2, 0.25) is 0 Å². The Hall–Kier alpha value is 0.440. The Bertz CT molecular complexity index is 47.5. The third kappa shape index (κ3) is 0.590. The number of hydrogen-bond donors (Lipinski definition) is 1. The van der Waals surface area contributed by atoms with Crippen LogP contribution in [0.15, 0.2) is 0 Å². The Balaban J connectivity index is 2.20. The first-order chi connectivity index (χ1) is 2.80. The van der Waals surface area contributed by atoms with Crippen LogP contribution in [0, 0.1) is 0 Å². The molecule has 1 fully saturated rings. The maximum atomic E-state index is 8.67. The standard InChI is InChI=1S/C4H7BrO/c5-3-1-2-4(3)6/h3-4,6H,1-2H2/t3-,4-/m1/s1. The van der Waals surface area contributed by atoms with Gasteiger partial charge in [-0.3, -0.25) is 0 Å². The summed E-state index contributed by atoms with van der Waals surface area (Å²) in [6.45, 7) is 0. The summed E-state index contributed by atoms with van der Waals surface area (Å²) in [6, 6.07) is 0. The van der Waals surface area contributed by atoms with Gasteiger partial charge < -0.3 is 5.11 Å². The van der Waals surface area contributed by atoms with E-state index >= 15 is 0 Å². The molecule has 1 nitrogen and oxygen atoms in total.